The van der Waals surface area contributed by atoms with Crippen LogP contribution in [-0.2, 0) is 27.1 Å². The molecule has 1 aliphatic heterocycles. The van der Waals surface area contributed by atoms with E-state index in [1.165, 1.54) is 29.9 Å². The summed E-state index contributed by atoms with van der Waals surface area (Å²) in [6.07, 6.45) is 2.16. The Kier molecular flexibility index (Phi) is 7.37. The van der Waals surface area contributed by atoms with Gasteiger partial charge < -0.3 is 14.4 Å². The molecule has 178 valence electrons. The van der Waals surface area contributed by atoms with E-state index in [-0.39, 0.29) is 41.3 Å². The van der Waals surface area contributed by atoms with E-state index in [1.807, 2.05) is 0 Å². The van der Waals surface area contributed by atoms with E-state index in [4.69, 9.17) is 4.74 Å². The fourth-order valence-electron chi connectivity index (χ4n) is 3.45. The molecule has 0 radical (unpaired) electrons. The van der Waals surface area contributed by atoms with Crippen molar-refractivity contribution in [3.05, 3.63) is 35.2 Å². The Hall–Kier alpha value is -1.51. The summed E-state index contributed by atoms with van der Waals surface area (Å²) in [5, 5.41) is 9.58. The van der Waals surface area contributed by atoms with Gasteiger partial charge >= 0.3 is 0 Å². The second-order valence-electron chi connectivity index (χ2n) is 7.99. The molecule has 13 heteroatoms. The van der Waals surface area contributed by atoms with Gasteiger partial charge in [-0.1, -0.05) is 22.9 Å². The molecule has 10 nitrogen and oxygen atoms in total. The molecule has 2 heterocycles. The van der Waals surface area contributed by atoms with E-state index in [1.54, 1.807) is 37.6 Å². The van der Waals surface area contributed by atoms with Gasteiger partial charge in [-0.05, 0) is 25.1 Å². The maximum absolute atomic E-state index is 13.3. The number of hydrogen-bond donors (Lipinski definition) is 1. The van der Waals surface area contributed by atoms with Crippen LogP contribution in [0.3, 0.4) is 0 Å². The Morgan fingerprint density at radius 1 is 1.41 bits per heavy atom. The van der Waals surface area contributed by atoms with E-state index < -0.39 is 32.2 Å². The average Bonchev–Trinajstić information content (AvgIpc) is 3.16. The van der Waals surface area contributed by atoms with Gasteiger partial charge in [0.2, 0.25) is 10.0 Å². The number of sulfonamides is 2. The first-order chi connectivity index (χ1) is 14.9. The fraction of sp³-hybridized carbons (Fsp3) is 0.526. The molecule has 1 N–H and O–H groups in total. The van der Waals surface area contributed by atoms with Crippen LogP contribution in [0.1, 0.15) is 13.8 Å². The van der Waals surface area contributed by atoms with Crippen molar-refractivity contribution in [3.63, 3.8) is 0 Å². The number of aromatic nitrogens is 2. The van der Waals surface area contributed by atoms with Crippen LogP contribution >= 0.6 is 15.9 Å². The maximum atomic E-state index is 13.3. The normalized spacial score (nSPS) is 22.6. The number of aliphatic hydroxyl groups excluding tert-OH is 1. The quantitative estimate of drug-likeness (QED) is 0.574. The third-order valence-corrected chi connectivity index (χ3v) is 9.64. The van der Waals surface area contributed by atoms with E-state index in [0.717, 1.165) is 4.31 Å². The number of fused-ring (bicyclic) bond motifs is 1. The first kappa shape index (κ1) is 25.1. The topological polar surface area (TPSA) is 122 Å². The van der Waals surface area contributed by atoms with E-state index in [0.29, 0.717) is 4.47 Å². The van der Waals surface area contributed by atoms with Gasteiger partial charge in [0.25, 0.3) is 10.0 Å². The molecule has 0 unspecified atom stereocenters. The van der Waals surface area contributed by atoms with Gasteiger partial charge in [0.15, 0.2) is 5.03 Å². The van der Waals surface area contributed by atoms with Gasteiger partial charge in [-0.3, -0.25) is 0 Å². The first-order valence-corrected chi connectivity index (χ1v) is 13.6. The highest BCUT2D eigenvalue weighted by Gasteiger charge is 2.39. The number of benzene rings is 1. The Morgan fingerprint density at radius 3 is 2.69 bits per heavy atom. The third kappa shape index (κ3) is 4.87. The lowest BCUT2D eigenvalue weighted by molar-refractivity contribution is 0.0903. The van der Waals surface area contributed by atoms with Crippen LogP contribution in [0.5, 0.6) is 5.75 Å². The van der Waals surface area contributed by atoms with Crippen LogP contribution in [0.4, 0.5) is 0 Å². The smallest absolute Gasteiger partial charge is 0.261 e. The molecular formula is C19H27BrN4O6S2. The number of aliphatic hydroxyl groups is 1. The van der Waals surface area contributed by atoms with Crippen LogP contribution in [0.15, 0.2) is 45.1 Å². The average molecular weight is 551 g/mol. The summed E-state index contributed by atoms with van der Waals surface area (Å²) in [4.78, 5) is 3.90. The van der Waals surface area contributed by atoms with Crippen molar-refractivity contribution in [2.45, 2.75) is 35.9 Å². The first-order valence-electron chi connectivity index (χ1n) is 9.91. The van der Waals surface area contributed by atoms with Crippen LogP contribution < -0.4 is 4.74 Å². The summed E-state index contributed by atoms with van der Waals surface area (Å²) in [6.45, 7) is 3.10. The molecule has 1 aliphatic rings. The number of imidazole rings is 1. The van der Waals surface area contributed by atoms with Crippen LogP contribution in [0.25, 0.3) is 0 Å². The minimum absolute atomic E-state index is 0.0204. The summed E-state index contributed by atoms with van der Waals surface area (Å²) in [5.41, 5.74) is 0. The molecule has 3 rings (SSSR count). The van der Waals surface area contributed by atoms with Crippen LogP contribution in [-0.4, -0.2) is 79.0 Å². The third-order valence-electron chi connectivity index (χ3n) is 5.42. The maximum Gasteiger partial charge on any atom is 0.261 e. The number of halogens is 1. The van der Waals surface area contributed by atoms with Crippen molar-refractivity contribution >= 4 is 36.0 Å². The van der Waals surface area contributed by atoms with Crippen LogP contribution in [0, 0.1) is 5.92 Å². The molecule has 0 aliphatic carbocycles. The monoisotopic (exact) mass is 550 g/mol. The number of nitrogens with zero attached hydrogens (tertiary/aromatic N) is 4. The van der Waals surface area contributed by atoms with Crippen molar-refractivity contribution in [1.82, 2.24) is 18.2 Å². The van der Waals surface area contributed by atoms with E-state index >= 15 is 0 Å². The zero-order valence-corrected chi connectivity index (χ0v) is 21.4. The highest BCUT2D eigenvalue weighted by Crippen LogP contribution is 2.35. The van der Waals surface area contributed by atoms with Crippen molar-refractivity contribution in [3.8, 4) is 5.75 Å². The van der Waals surface area contributed by atoms with Crippen molar-refractivity contribution in [2.24, 2.45) is 13.0 Å². The largest absolute Gasteiger partial charge is 0.487 e. The molecule has 1 aromatic heterocycles. The van der Waals surface area contributed by atoms with Crippen molar-refractivity contribution in [2.75, 3.05) is 26.7 Å². The van der Waals surface area contributed by atoms with E-state index in [9.17, 15) is 21.9 Å². The number of ether oxygens (including phenoxy) is 1. The van der Waals surface area contributed by atoms with Gasteiger partial charge in [0, 0.05) is 43.3 Å². The number of likely N-dealkylation sites (N-methyl/N-ethyl adjacent to an activating group) is 1. The highest BCUT2D eigenvalue weighted by molar-refractivity contribution is 9.10. The Labute approximate surface area is 197 Å². The standard InChI is InChI=1S/C19H27BrN4O6S2/c1-13-8-24(14(2)11-25)31(26,27)18-6-5-15(20)7-16(18)30-17(13)9-23(4)32(28,29)19-10-22(3)12-21-19/h5-7,10,12-14,17,25H,8-9,11H2,1-4H3/t13-,14+,17-/m1/s1. The number of hydrogen-bond acceptors (Lipinski definition) is 7. The van der Waals surface area contributed by atoms with Gasteiger partial charge in [0.05, 0.1) is 19.5 Å². The SMILES string of the molecule is C[C@@H]1CN([C@@H](C)CO)S(=O)(=O)c2ccc(Br)cc2O[C@@H]1CN(C)S(=O)(=O)c1cn(C)cn1. The molecule has 0 bridgehead atoms. The molecule has 0 spiro atoms. The summed E-state index contributed by atoms with van der Waals surface area (Å²) < 4.78 is 63.2. The predicted molar refractivity (Wildman–Crippen MR) is 121 cm³/mol. The Balaban J connectivity index is 2.01. The second-order valence-corrected chi connectivity index (χ2v) is 12.8. The van der Waals surface area contributed by atoms with Gasteiger partial charge in [-0.2, -0.15) is 8.61 Å². The van der Waals surface area contributed by atoms with Gasteiger partial charge in [-0.25, -0.2) is 21.8 Å². The molecule has 0 saturated heterocycles. The lowest BCUT2D eigenvalue weighted by Gasteiger charge is -2.37. The zero-order chi connectivity index (χ0) is 23.8. The molecule has 3 atom stereocenters. The van der Waals surface area contributed by atoms with Crippen molar-refractivity contribution in [1.29, 1.82) is 0 Å². The van der Waals surface area contributed by atoms with E-state index in [2.05, 4.69) is 20.9 Å². The lowest BCUT2D eigenvalue weighted by Crippen LogP contribution is -2.50. The summed E-state index contributed by atoms with van der Waals surface area (Å²) in [7, 11) is -4.69. The second kappa shape index (κ2) is 9.39. The Bertz CT molecular complexity index is 1180. The molecule has 0 fully saturated rings. The van der Waals surface area contributed by atoms with Crippen LogP contribution in [0.2, 0.25) is 0 Å². The predicted octanol–water partition coefficient (Wildman–Crippen LogP) is 1.27. The fourth-order valence-corrected chi connectivity index (χ4v) is 6.76. The molecule has 0 amide bonds. The summed E-state index contributed by atoms with van der Waals surface area (Å²) in [5.74, 6) is -0.262. The molecule has 1 aromatic carbocycles. The minimum Gasteiger partial charge on any atom is -0.487 e. The number of aryl methyl sites for hydroxylation is 1. The molecule has 2 aromatic rings. The zero-order valence-electron chi connectivity index (χ0n) is 18.2. The highest BCUT2D eigenvalue weighted by atomic mass is 79.9. The minimum atomic E-state index is -3.94. The van der Waals surface area contributed by atoms with Gasteiger partial charge in [-0.15, -0.1) is 0 Å². The lowest BCUT2D eigenvalue weighted by atomic mass is 10.0. The molecule has 0 saturated carbocycles. The summed E-state index contributed by atoms with van der Waals surface area (Å²) >= 11 is 3.34. The Morgan fingerprint density at radius 2 is 2.09 bits per heavy atom. The number of rotatable bonds is 6. The van der Waals surface area contributed by atoms with Gasteiger partial charge in [0.1, 0.15) is 16.7 Å². The molecule has 32 heavy (non-hydrogen) atoms. The van der Waals surface area contributed by atoms with Crippen molar-refractivity contribution < 1.29 is 26.7 Å². The molecular weight excluding hydrogens is 524 g/mol. The summed E-state index contributed by atoms with van der Waals surface area (Å²) in [6, 6.07) is 3.92.